The summed E-state index contributed by atoms with van der Waals surface area (Å²) in [5.74, 6) is 2.91. The Kier molecular flexibility index (Phi) is 4.32. The molecule has 6 nitrogen and oxygen atoms in total. The average molecular weight is 313 g/mol. The van der Waals surface area contributed by atoms with Crippen molar-refractivity contribution in [1.82, 2.24) is 14.5 Å². The van der Waals surface area contributed by atoms with Crippen molar-refractivity contribution in [3.63, 3.8) is 0 Å². The predicted octanol–water partition coefficient (Wildman–Crippen LogP) is 2.84. The van der Waals surface area contributed by atoms with Gasteiger partial charge in [0.1, 0.15) is 29.6 Å². The van der Waals surface area contributed by atoms with Crippen molar-refractivity contribution in [2.24, 2.45) is 0 Å². The lowest BCUT2D eigenvalue weighted by Gasteiger charge is -2.09. The van der Waals surface area contributed by atoms with Gasteiger partial charge >= 0.3 is 0 Å². The highest BCUT2D eigenvalue weighted by molar-refractivity contribution is 5.81. The number of hydrogen-bond donors (Lipinski definition) is 0. The molecule has 0 fully saturated rings. The van der Waals surface area contributed by atoms with Crippen molar-refractivity contribution in [3.8, 4) is 17.4 Å². The first kappa shape index (κ1) is 15.1. The molecule has 0 unspecified atom stereocenters. The molecule has 120 valence electrons. The SMILES string of the molecule is COc1ccc(OCCn2ccc3c(OC)nc(C)nc32)cc1. The summed E-state index contributed by atoms with van der Waals surface area (Å²) < 4.78 is 18.2. The van der Waals surface area contributed by atoms with E-state index in [4.69, 9.17) is 14.2 Å². The monoisotopic (exact) mass is 313 g/mol. The molecule has 0 aliphatic rings. The fraction of sp³-hybridized carbons (Fsp3) is 0.294. The van der Waals surface area contributed by atoms with Crippen LogP contribution in [0.3, 0.4) is 0 Å². The Labute approximate surface area is 134 Å². The van der Waals surface area contributed by atoms with E-state index >= 15 is 0 Å². The van der Waals surface area contributed by atoms with E-state index in [-0.39, 0.29) is 0 Å². The van der Waals surface area contributed by atoms with Crippen LogP contribution in [0.5, 0.6) is 17.4 Å². The fourth-order valence-corrected chi connectivity index (χ4v) is 2.41. The normalized spacial score (nSPS) is 10.7. The van der Waals surface area contributed by atoms with E-state index in [1.807, 2.05) is 48.0 Å². The second-order valence-electron chi connectivity index (χ2n) is 5.05. The van der Waals surface area contributed by atoms with E-state index < -0.39 is 0 Å². The van der Waals surface area contributed by atoms with Crippen LogP contribution in [0.15, 0.2) is 36.5 Å². The summed E-state index contributed by atoms with van der Waals surface area (Å²) in [6, 6.07) is 9.49. The van der Waals surface area contributed by atoms with Crippen LogP contribution in [0.4, 0.5) is 0 Å². The van der Waals surface area contributed by atoms with Crippen LogP contribution in [0, 0.1) is 6.92 Å². The Balaban J connectivity index is 1.70. The van der Waals surface area contributed by atoms with Crippen LogP contribution < -0.4 is 14.2 Å². The van der Waals surface area contributed by atoms with Gasteiger partial charge in [0, 0.05) is 6.20 Å². The van der Waals surface area contributed by atoms with Gasteiger partial charge in [0.15, 0.2) is 0 Å². The highest BCUT2D eigenvalue weighted by Crippen LogP contribution is 2.23. The van der Waals surface area contributed by atoms with Crippen LogP contribution in [0.2, 0.25) is 0 Å². The quantitative estimate of drug-likeness (QED) is 0.700. The molecule has 0 atom stereocenters. The molecule has 2 aromatic heterocycles. The molecule has 0 radical (unpaired) electrons. The molecule has 3 aromatic rings. The molecule has 2 heterocycles. The third-order valence-electron chi connectivity index (χ3n) is 3.55. The van der Waals surface area contributed by atoms with Gasteiger partial charge in [-0.25, -0.2) is 4.98 Å². The largest absolute Gasteiger partial charge is 0.497 e. The summed E-state index contributed by atoms with van der Waals surface area (Å²) in [6.45, 7) is 3.09. The lowest BCUT2D eigenvalue weighted by molar-refractivity contribution is 0.299. The molecule has 0 spiro atoms. The summed E-state index contributed by atoms with van der Waals surface area (Å²) in [6.07, 6.45) is 1.97. The molecule has 3 rings (SSSR count). The van der Waals surface area contributed by atoms with E-state index in [0.29, 0.717) is 24.9 Å². The van der Waals surface area contributed by atoms with Crippen LogP contribution in [-0.4, -0.2) is 35.4 Å². The second-order valence-corrected chi connectivity index (χ2v) is 5.05. The minimum atomic E-state index is 0.543. The van der Waals surface area contributed by atoms with E-state index in [1.54, 1.807) is 14.2 Å². The fourth-order valence-electron chi connectivity index (χ4n) is 2.41. The first-order chi connectivity index (χ1) is 11.2. The summed E-state index contributed by atoms with van der Waals surface area (Å²) in [5, 5.41) is 0.905. The molecule has 1 aromatic carbocycles. The molecule has 0 aliphatic carbocycles. The van der Waals surface area contributed by atoms with Gasteiger partial charge in [0.25, 0.3) is 0 Å². The van der Waals surface area contributed by atoms with Crippen molar-refractivity contribution < 1.29 is 14.2 Å². The number of ether oxygens (including phenoxy) is 3. The Morgan fingerprint density at radius 2 is 1.70 bits per heavy atom. The van der Waals surface area contributed by atoms with Crippen LogP contribution in [0.25, 0.3) is 11.0 Å². The third-order valence-corrected chi connectivity index (χ3v) is 3.55. The van der Waals surface area contributed by atoms with Crippen LogP contribution in [-0.2, 0) is 6.54 Å². The summed E-state index contributed by atoms with van der Waals surface area (Å²) >= 11 is 0. The van der Waals surface area contributed by atoms with Gasteiger partial charge in [-0.15, -0.1) is 0 Å². The molecular formula is C17H19N3O3. The molecule has 23 heavy (non-hydrogen) atoms. The number of fused-ring (bicyclic) bond motifs is 1. The topological polar surface area (TPSA) is 58.4 Å². The van der Waals surface area contributed by atoms with Crippen molar-refractivity contribution in [2.45, 2.75) is 13.5 Å². The van der Waals surface area contributed by atoms with Gasteiger partial charge in [-0.3, -0.25) is 0 Å². The van der Waals surface area contributed by atoms with E-state index in [1.165, 1.54) is 0 Å². The summed E-state index contributed by atoms with van der Waals surface area (Å²) in [4.78, 5) is 8.78. The molecule has 0 saturated carbocycles. The maximum absolute atomic E-state index is 5.76. The number of benzene rings is 1. The Bertz CT molecular complexity index is 797. The molecular weight excluding hydrogens is 294 g/mol. The van der Waals surface area contributed by atoms with Gasteiger partial charge < -0.3 is 18.8 Å². The molecule has 0 saturated heterocycles. The highest BCUT2D eigenvalue weighted by Gasteiger charge is 2.10. The maximum Gasteiger partial charge on any atom is 0.226 e. The van der Waals surface area contributed by atoms with Crippen LogP contribution >= 0.6 is 0 Å². The van der Waals surface area contributed by atoms with Crippen molar-refractivity contribution >= 4 is 11.0 Å². The van der Waals surface area contributed by atoms with Gasteiger partial charge in [-0.2, -0.15) is 4.98 Å². The molecule has 0 N–H and O–H groups in total. The molecule has 0 amide bonds. The smallest absolute Gasteiger partial charge is 0.226 e. The minimum Gasteiger partial charge on any atom is -0.497 e. The zero-order valence-corrected chi connectivity index (χ0v) is 13.4. The first-order valence-corrected chi connectivity index (χ1v) is 7.35. The van der Waals surface area contributed by atoms with Gasteiger partial charge in [-0.1, -0.05) is 0 Å². The minimum absolute atomic E-state index is 0.543. The Morgan fingerprint density at radius 1 is 0.957 bits per heavy atom. The number of hydrogen-bond acceptors (Lipinski definition) is 5. The number of aryl methyl sites for hydroxylation is 1. The van der Waals surface area contributed by atoms with Crippen molar-refractivity contribution in [2.75, 3.05) is 20.8 Å². The number of aromatic nitrogens is 3. The standard InChI is InChI=1S/C17H19N3O3/c1-12-18-16-15(17(19-12)22-3)8-9-20(16)10-11-23-14-6-4-13(21-2)5-7-14/h4-9H,10-11H2,1-3H3. The van der Waals surface area contributed by atoms with Crippen LogP contribution in [0.1, 0.15) is 5.82 Å². The van der Waals surface area contributed by atoms with E-state index in [9.17, 15) is 0 Å². The van der Waals surface area contributed by atoms with Gasteiger partial charge in [-0.05, 0) is 37.3 Å². The van der Waals surface area contributed by atoms with E-state index in [0.717, 1.165) is 22.5 Å². The number of rotatable bonds is 6. The van der Waals surface area contributed by atoms with Gasteiger partial charge in [0.2, 0.25) is 5.88 Å². The molecule has 6 heteroatoms. The Morgan fingerprint density at radius 3 is 2.39 bits per heavy atom. The van der Waals surface area contributed by atoms with E-state index in [2.05, 4.69) is 9.97 Å². The lowest BCUT2D eigenvalue weighted by Crippen LogP contribution is -2.08. The first-order valence-electron chi connectivity index (χ1n) is 7.35. The molecule has 0 bridgehead atoms. The summed E-state index contributed by atoms with van der Waals surface area (Å²) in [5.41, 5.74) is 0.854. The zero-order chi connectivity index (χ0) is 16.2. The lowest BCUT2D eigenvalue weighted by atomic mass is 10.3. The summed E-state index contributed by atoms with van der Waals surface area (Å²) in [7, 11) is 3.26. The number of methoxy groups -OCH3 is 2. The average Bonchev–Trinajstić information content (AvgIpc) is 2.97. The molecule has 0 aliphatic heterocycles. The van der Waals surface area contributed by atoms with Crippen molar-refractivity contribution in [1.29, 1.82) is 0 Å². The highest BCUT2D eigenvalue weighted by atomic mass is 16.5. The zero-order valence-electron chi connectivity index (χ0n) is 13.4. The maximum atomic E-state index is 5.76. The third kappa shape index (κ3) is 3.21. The van der Waals surface area contributed by atoms with Gasteiger partial charge in [0.05, 0.1) is 26.2 Å². The predicted molar refractivity (Wildman–Crippen MR) is 87.3 cm³/mol. The second kappa shape index (κ2) is 6.56. The van der Waals surface area contributed by atoms with Crippen molar-refractivity contribution in [3.05, 3.63) is 42.4 Å². The Hall–Kier alpha value is -2.76. The number of nitrogens with zero attached hydrogens (tertiary/aromatic N) is 3.